The first-order valence-corrected chi connectivity index (χ1v) is 7.45. The van der Waals surface area contributed by atoms with Gasteiger partial charge in [0.15, 0.2) is 5.96 Å². The largest absolute Gasteiger partial charge is 0.383 e. The number of aryl methyl sites for hydroxylation is 1. The number of hydrogen-bond donors (Lipinski definition) is 2. The van der Waals surface area contributed by atoms with Crippen LogP contribution in [0.15, 0.2) is 4.99 Å². The first kappa shape index (κ1) is 17.5. The number of aliphatic imine (C=N–C) groups is 1. The van der Waals surface area contributed by atoms with E-state index in [1.807, 2.05) is 11.6 Å². The predicted molar refractivity (Wildman–Crippen MR) is 86.6 cm³/mol. The van der Waals surface area contributed by atoms with Gasteiger partial charge >= 0.3 is 0 Å². The van der Waals surface area contributed by atoms with Crippen molar-refractivity contribution in [2.45, 2.75) is 40.8 Å². The number of hydrogen-bond acceptors (Lipinski definition) is 3. The van der Waals surface area contributed by atoms with E-state index in [1.54, 1.807) is 14.2 Å². The maximum atomic E-state index is 5.11. The molecule has 0 saturated carbocycles. The number of methoxy groups -OCH3 is 1. The van der Waals surface area contributed by atoms with Crippen LogP contribution < -0.4 is 10.6 Å². The van der Waals surface area contributed by atoms with Gasteiger partial charge in [0, 0.05) is 38.5 Å². The van der Waals surface area contributed by atoms with E-state index in [0.29, 0.717) is 12.5 Å². The maximum Gasteiger partial charge on any atom is 0.191 e. The van der Waals surface area contributed by atoms with Crippen molar-refractivity contribution in [1.82, 2.24) is 20.4 Å². The normalized spacial score (nSPS) is 12.0. The van der Waals surface area contributed by atoms with Gasteiger partial charge in [-0.2, -0.15) is 5.10 Å². The molecule has 1 aromatic heterocycles. The van der Waals surface area contributed by atoms with Crippen LogP contribution in [-0.4, -0.2) is 43.0 Å². The van der Waals surface area contributed by atoms with Gasteiger partial charge in [0.05, 0.1) is 18.8 Å². The third kappa shape index (κ3) is 5.38. The zero-order chi connectivity index (χ0) is 15.8. The number of nitrogens with zero attached hydrogens (tertiary/aromatic N) is 3. The third-order valence-corrected chi connectivity index (χ3v) is 3.37. The van der Waals surface area contributed by atoms with E-state index in [1.165, 1.54) is 11.3 Å². The number of guanidine groups is 1. The minimum absolute atomic E-state index is 0.587. The smallest absolute Gasteiger partial charge is 0.191 e. The molecule has 0 spiro atoms. The van der Waals surface area contributed by atoms with Gasteiger partial charge in [-0.15, -0.1) is 0 Å². The summed E-state index contributed by atoms with van der Waals surface area (Å²) in [5.74, 6) is 1.41. The fraction of sp³-hybridized carbons (Fsp3) is 0.733. The molecular formula is C15H29N5O. The molecule has 21 heavy (non-hydrogen) atoms. The van der Waals surface area contributed by atoms with Gasteiger partial charge in [-0.05, 0) is 19.8 Å². The molecule has 0 amide bonds. The molecule has 0 aliphatic rings. The summed E-state index contributed by atoms with van der Waals surface area (Å²) in [5, 5.41) is 11.2. The molecule has 6 heteroatoms. The number of aromatic nitrogens is 2. The van der Waals surface area contributed by atoms with Crippen molar-refractivity contribution in [3.05, 3.63) is 17.0 Å². The zero-order valence-electron chi connectivity index (χ0n) is 14.2. The number of nitrogens with one attached hydrogen (secondary N) is 2. The van der Waals surface area contributed by atoms with Crippen molar-refractivity contribution in [2.75, 3.05) is 27.3 Å². The molecule has 0 saturated heterocycles. The minimum atomic E-state index is 0.587. The summed E-state index contributed by atoms with van der Waals surface area (Å²) in [4.78, 5) is 4.24. The average Bonchev–Trinajstić information content (AvgIpc) is 2.71. The molecule has 0 atom stereocenters. The van der Waals surface area contributed by atoms with Crippen LogP contribution in [0.4, 0.5) is 0 Å². The number of rotatable bonds is 7. The standard InChI is InChI=1S/C15H29N5O/c1-11(2)9-17-15(16-5)18-10-14-12(3)19-20(13(14)4)7-8-21-6/h11H,7-10H2,1-6H3,(H2,16,17,18). The summed E-state index contributed by atoms with van der Waals surface area (Å²) in [6.45, 7) is 11.6. The zero-order valence-corrected chi connectivity index (χ0v) is 14.2. The van der Waals surface area contributed by atoms with Crippen molar-refractivity contribution < 1.29 is 4.74 Å². The van der Waals surface area contributed by atoms with Gasteiger partial charge in [-0.3, -0.25) is 9.67 Å². The van der Waals surface area contributed by atoms with Crippen LogP contribution in [0.25, 0.3) is 0 Å². The quantitative estimate of drug-likeness (QED) is 0.590. The monoisotopic (exact) mass is 295 g/mol. The van der Waals surface area contributed by atoms with E-state index in [2.05, 4.69) is 41.5 Å². The van der Waals surface area contributed by atoms with Crippen LogP contribution in [-0.2, 0) is 17.8 Å². The molecule has 0 unspecified atom stereocenters. The van der Waals surface area contributed by atoms with Crippen LogP contribution in [0.2, 0.25) is 0 Å². The summed E-state index contributed by atoms with van der Waals surface area (Å²) in [6.07, 6.45) is 0. The summed E-state index contributed by atoms with van der Waals surface area (Å²) in [7, 11) is 3.50. The van der Waals surface area contributed by atoms with Crippen molar-refractivity contribution in [2.24, 2.45) is 10.9 Å². The Morgan fingerprint density at radius 2 is 2.05 bits per heavy atom. The van der Waals surface area contributed by atoms with E-state index in [4.69, 9.17) is 4.74 Å². The molecule has 0 aliphatic heterocycles. The highest BCUT2D eigenvalue weighted by molar-refractivity contribution is 5.79. The topological polar surface area (TPSA) is 63.5 Å². The lowest BCUT2D eigenvalue weighted by atomic mass is 10.2. The maximum absolute atomic E-state index is 5.11. The first-order valence-electron chi connectivity index (χ1n) is 7.45. The van der Waals surface area contributed by atoms with E-state index >= 15 is 0 Å². The SMILES string of the molecule is CN=C(NCc1c(C)nn(CCOC)c1C)NCC(C)C. The Kier molecular flexibility index (Phi) is 7.22. The molecule has 0 radical (unpaired) electrons. The van der Waals surface area contributed by atoms with Gasteiger partial charge in [0.25, 0.3) is 0 Å². The van der Waals surface area contributed by atoms with Crippen molar-refractivity contribution in [3.63, 3.8) is 0 Å². The summed E-state index contributed by atoms with van der Waals surface area (Å²) in [6, 6.07) is 0. The highest BCUT2D eigenvalue weighted by Gasteiger charge is 2.11. The van der Waals surface area contributed by atoms with Gasteiger partial charge < -0.3 is 15.4 Å². The second-order valence-corrected chi connectivity index (χ2v) is 5.57. The average molecular weight is 295 g/mol. The molecule has 1 aromatic rings. The second-order valence-electron chi connectivity index (χ2n) is 5.57. The van der Waals surface area contributed by atoms with Crippen LogP contribution in [0.1, 0.15) is 30.8 Å². The highest BCUT2D eigenvalue weighted by Crippen LogP contribution is 2.12. The summed E-state index contributed by atoms with van der Waals surface area (Å²) in [5.41, 5.74) is 3.45. The fourth-order valence-electron chi connectivity index (χ4n) is 2.08. The third-order valence-electron chi connectivity index (χ3n) is 3.37. The molecule has 0 aliphatic carbocycles. The van der Waals surface area contributed by atoms with E-state index in [-0.39, 0.29) is 0 Å². The molecule has 2 N–H and O–H groups in total. The molecule has 0 bridgehead atoms. The van der Waals surface area contributed by atoms with Crippen molar-refractivity contribution in [3.8, 4) is 0 Å². The lowest BCUT2D eigenvalue weighted by Crippen LogP contribution is -2.38. The lowest BCUT2D eigenvalue weighted by Gasteiger charge is -2.13. The minimum Gasteiger partial charge on any atom is -0.383 e. The van der Waals surface area contributed by atoms with Crippen LogP contribution >= 0.6 is 0 Å². The van der Waals surface area contributed by atoms with Crippen LogP contribution in [0.5, 0.6) is 0 Å². The molecule has 1 rings (SSSR count). The van der Waals surface area contributed by atoms with Crippen LogP contribution in [0.3, 0.4) is 0 Å². The van der Waals surface area contributed by atoms with Crippen molar-refractivity contribution >= 4 is 5.96 Å². The van der Waals surface area contributed by atoms with Gasteiger partial charge in [-0.25, -0.2) is 0 Å². The Labute approximate surface area is 128 Å². The van der Waals surface area contributed by atoms with Gasteiger partial charge in [0.1, 0.15) is 0 Å². The molecular weight excluding hydrogens is 266 g/mol. The Balaban J connectivity index is 2.64. The van der Waals surface area contributed by atoms with Gasteiger partial charge in [0.2, 0.25) is 0 Å². The van der Waals surface area contributed by atoms with Crippen molar-refractivity contribution in [1.29, 1.82) is 0 Å². The Morgan fingerprint density at radius 1 is 1.33 bits per heavy atom. The molecule has 0 aromatic carbocycles. The van der Waals surface area contributed by atoms with Crippen LogP contribution in [0, 0.1) is 19.8 Å². The van der Waals surface area contributed by atoms with E-state index in [9.17, 15) is 0 Å². The predicted octanol–water partition coefficient (Wildman–Crippen LogP) is 1.47. The van der Waals surface area contributed by atoms with Gasteiger partial charge in [-0.1, -0.05) is 13.8 Å². The van der Waals surface area contributed by atoms with E-state index < -0.39 is 0 Å². The highest BCUT2D eigenvalue weighted by atomic mass is 16.5. The molecule has 120 valence electrons. The second kappa shape index (κ2) is 8.67. The molecule has 0 fully saturated rings. The lowest BCUT2D eigenvalue weighted by molar-refractivity contribution is 0.182. The summed E-state index contributed by atoms with van der Waals surface area (Å²) >= 11 is 0. The molecule has 6 nitrogen and oxygen atoms in total. The first-order chi connectivity index (χ1) is 9.99. The Morgan fingerprint density at radius 3 is 2.62 bits per heavy atom. The molecule has 1 heterocycles. The Bertz CT molecular complexity index is 465. The summed E-state index contributed by atoms with van der Waals surface area (Å²) < 4.78 is 7.11. The number of ether oxygens (including phenoxy) is 1. The fourth-order valence-corrected chi connectivity index (χ4v) is 2.08. The van der Waals surface area contributed by atoms with E-state index in [0.717, 1.165) is 31.3 Å². The Hall–Kier alpha value is -1.56.